The molecule has 2 unspecified atom stereocenters. The van der Waals surface area contributed by atoms with E-state index in [0.29, 0.717) is 6.42 Å². The molecule has 0 saturated heterocycles. The Morgan fingerprint density at radius 1 is 1.33 bits per heavy atom. The Morgan fingerprint density at radius 3 is 2.40 bits per heavy atom. The molecule has 2 atom stereocenters. The molecule has 0 aliphatic carbocycles. The third-order valence-corrected chi connectivity index (χ3v) is 2.39. The summed E-state index contributed by atoms with van der Waals surface area (Å²) in [4.78, 5) is 0. The summed E-state index contributed by atoms with van der Waals surface area (Å²) in [5.41, 5.74) is 15.2. The molecule has 1 rings (SSSR count). The van der Waals surface area contributed by atoms with Crippen molar-refractivity contribution < 1.29 is 9.67 Å². The Hall–Kier alpha value is -0.890. The number of aliphatic hydroxyl groups is 1. The summed E-state index contributed by atoms with van der Waals surface area (Å²) >= 11 is 0. The van der Waals surface area contributed by atoms with Gasteiger partial charge in [-0.15, -0.1) is 0 Å². The van der Waals surface area contributed by atoms with Gasteiger partial charge in [-0.05, 0) is 0 Å². The Kier molecular flexibility index (Phi) is 4.76. The molecule has 0 bridgehead atoms. The van der Waals surface area contributed by atoms with Gasteiger partial charge in [-0.3, -0.25) is 0 Å². The van der Waals surface area contributed by atoms with E-state index in [9.17, 15) is 4.57 Å². The van der Waals surface area contributed by atoms with Crippen LogP contribution >= 0.6 is 7.92 Å². The Labute approximate surface area is 89.4 Å². The van der Waals surface area contributed by atoms with Crippen molar-refractivity contribution in [3.63, 3.8) is 0 Å². The third-order valence-electron chi connectivity index (χ3n) is 2.04. The quantitative estimate of drug-likeness (QED) is 0.513. The molecule has 0 fully saturated rings. The van der Waals surface area contributed by atoms with Crippen molar-refractivity contribution >= 4 is 7.92 Å². The topological polar surface area (TPSA) is 89.3 Å². The van der Waals surface area contributed by atoms with Crippen molar-refractivity contribution in [3.05, 3.63) is 35.4 Å². The molecule has 1 aromatic carbocycles. The van der Waals surface area contributed by atoms with Crippen LogP contribution in [0.5, 0.6) is 0 Å². The Balaban J connectivity index is 2.71. The van der Waals surface area contributed by atoms with Crippen LogP contribution < -0.4 is 11.5 Å². The van der Waals surface area contributed by atoms with Crippen LogP contribution in [0.25, 0.3) is 0 Å². The average Bonchev–Trinajstić information content (AvgIpc) is 2.21. The van der Waals surface area contributed by atoms with Crippen LogP contribution in [0.15, 0.2) is 24.3 Å². The van der Waals surface area contributed by atoms with Gasteiger partial charge in [0.1, 0.15) is 0 Å². The van der Waals surface area contributed by atoms with Crippen LogP contribution in [-0.2, 0) is 11.0 Å². The fourth-order valence-electron chi connectivity index (χ4n) is 1.16. The zero-order valence-electron chi connectivity index (χ0n) is 8.13. The van der Waals surface area contributed by atoms with Gasteiger partial charge in [0.2, 0.25) is 0 Å². The molecule has 5 heteroatoms. The number of benzene rings is 1. The molecular weight excluding hydrogens is 211 g/mol. The van der Waals surface area contributed by atoms with Crippen molar-refractivity contribution in [1.82, 2.24) is 0 Å². The Bertz CT molecular complexity index is 411. The predicted molar refractivity (Wildman–Crippen MR) is 58.9 cm³/mol. The summed E-state index contributed by atoms with van der Waals surface area (Å²) in [5.74, 6) is 0. The van der Waals surface area contributed by atoms with Gasteiger partial charge in [0.15, 0.2) is 0 Å². The molecule has 0 heterocycles. The molecule has 80 valence electrons. The number of nitrogens with two attached hydrogens (primary N) is 2. The van der Waals surface area contributed by atoms with Crippen LogP contribution in [0.1, 0.15) is 11.1 Å². The van der Waals surface area contributed by atoms with Gasteiger partial charge in [0.25, 0.3) is 0 Å². The number of hydrogen-bond acceptors (Lipinski definition) is 4. The fraction of sp³-hybridized carbons (Fsp3) is 0.300. The van der Waals surface area contributed by atoms with Crippen molar-refractivity contribution in [2.24, 2.45) is 11.5 Å². The first-order chi connectivity index (χ1) is 7.13. The zero-order chi connectivity index (χ0) is 11.3. The monoisotopic (exact) mass is 224 g/mol. The van der Waals surface area contributed by atoms with Crippen molar-refractivity contribution in [1.29, 1.82) is 0 Å². The molecule has 1 aromatic rings. The second kappa shape index (κ2) is 5.86. The van der Waals surface area contributed by atoms with E-state index in [1.54, 1.807) is 12.1 Å². The van der Waals surface area contributed by atoms with Gasteiger partial charge in [-0.1, -0.05) is 0 Å². The van der Waals surface area contributed by atoms with E-state index in [4.69, 9.17) is 16.6 Å². The molecule has 0 radical (unpaired) electrons. The van der Waals surface area contributed by atoms with Gasteiger partial charge < -0.3 is 0 Å². The predicted octanol–water partition coefficient (Wildman–Crippen LogP) is 0.433. The van der Waals surface area contributed by atoms with Crippen LogP contribution in [0.2, 0.25) is 0 Å². The molecule has 0 aliphatic rings. The first kappa shape index (κ1) is 12.2. The summed E-state index contributed by atoms with van der Waals surface area (Å²) < 4.78 is 10.2. The molecule has 0 spiro atoms. The van der Waals surface area contributed by atoms with E-state index in [2.05, 4.69) is 5.63 Å². The van der Waals surface area contributed by atoms with Crippen LogP contribution in [0.4, 0.5) is 0 Å². The second-order valence-corrected chi connectivity index (χ2v) is 3.66. The minimum absolute atomic E-state index is 0.133. The summed E-state index contributed by atoms with van der Waals surface area (Å²) in [5, 5.41) is 9.02. The first-order valence-corrected chi connectivity index (χ1v) is 5.31. The first-order valence-electron chi connectivity index (χ1n) is 4.50. The van der Waals surface area contributed by atoms with E-state index < -0.39 is 12.3 Å². The summed E-state index contributed by atoms with van der Waals surface area (Å²) in [6.45, 7) is 0. The van der Waals surface area contributed by atoms with Crippen molar-refractivity contribution in [2.75, 3.05) is 0 Å². The third kappa shape index (κ3) is 4.00. The van der Waals surface area contributed by atoms with Gasteiger partial charge in [0, 0.05) is 0 Å². The van der Waals surface area contributed by atoms with Gasteiger partial charge in [0.05, 0.1) is 0 Å². The van der Waals surface area contributed by atoms with Crippen molar-refractivity contribution in [2.45, 2.75) is 18.7 Å². The van der Waals surface area contributed by atoms with Crippen molar-refractivity contribution in [3.8, 4) is 5.63 Å². The molecule has 0 amide bonds. The molecule has 15 heavy (non-hydrogen) atoms. The summed E-state index contributed by atoms with van der Waals surface area (Å²) in [6.07, 6.45) is -0.504. The van der Waals surface area contributed by atoms with E-state index in [1.165, 1.54) is 0 Å². The molecule has 0 aromatic heterocycles. The zero-order valence-corrected chi connectivity index (χ0v) is 9.02. The van der Waals surface area contributed by atoms with E-state index >= 15 is 0 Å². The average molecular weight is 224 g/mol. The fourth-order valence-corrected chi connectivity index (χ4v) is 1.42. The number of hydrogen-bond donors (Lipinski definition) is 3. The summed E-state index contributed by atoms with van der Waals surface area (Å²) in [7, 11) is -0.133. The van der Waals surface area contributed by atoms with Crippen LogP contribution in [0.3, 0.4) is 0 Å². The van der Waals surface area contributed by atoms with E-state index in [0.717, 1.165) is 11.1 Å². The normalized spacial score (nSPS) is 14.1. The van der Waals surface area contributed by atoms with E-state index in [1.807, 2.05) is 12.1 Å². The molecule has 5 N–H and O–H groups in total. The van der Waals surface area contributed by atoms with Gasteiger partial charge in [-0.25, -0.2) is 0 Å². The van der Waals surface area contributed by atoms with E-state index in [-0.39, 0.29) is 7.92 Å². The second-order valence-electron chi connectivity index (χ2n) is 3.26. The minimum atomic E-state index is -1.01. The number of rotatable bonds is 3. The maximum atomic E-state index is 10.2. The standard InChI is InChI=1S/C10H13N2O2P/c11-9(10(12)13)5-7-1-3-8(4-2-7)6-15-14/h1-4,9-10,13H,5,11-12H2. The maximum absolute atomic E-state index is 10.2. The molecule has 0 aliphatic heterocycles. The summed E-state index contributed by atoms with van der Waals surface area (Å²) in [6, 6.07) is 6.79. The SMILES string of the molecule is NC(O)C(N)Cc1ccc(C#P=O)cc1. The number of aliphatic hydroxyl groups excluding tert-OH is 1. The van der Waals surface area contributed by atoms with Crippen LogP contribution in [0, 0.1) is 5.63 Å². The Morgan fingerprint density at radius 2 is 1.93 bits per heavy atom. The molecular formula is C10H13N2O2P. The van der Waals surface area contributed by atoms with Crippen LogP contribution in [-0.4, -0.2) is 17.4 Å². The van der Waals surface area contributed by atoms with Gasteiger partial charge in [-0.2, -0.15) is 0 Å². The van der Waals surface area contributed by atoms with Gasteiger partial charge >= 0.3 is 88.8 Å². The molecule has 4 nitrogen and oxygen atoms in total. The molecule has 0 saturated carbocycles.